The van der Waals surface area contributed by atoms with Crippen molar-refractivity contribution in [1.29, 1.82) is 0 Å². The number of rotatable bonds is 6. The molecule has 0 bridgehead atoms. The smallest absolute Gasteiger partial charge is 0.289 e. The maximum Gasteiger partial charge on any atom is 0.289 e. The summed E-state index contributed by atoms with van der Waals surface area (Å²) in [6, 6.07) is 13.4. The Hall–Kier alpha value is -3.59. The average Bonchev–Trinajstić information content (AvgIpc) is 3.32. The number of carbonyl (C=O) groups is 2. The summed E-state index contributed by atoms with van der Waals surface area (Å²) < 4.78 is 33.9. The first-order valence-corrected chi connectivity index (χ1v) is 12.1. The third-order valence-corrected chi connectivity index (χ3v) is 7.10. The van der Waals surface area contributed by atoms with Crippen molar-refractivity contribution >= 4 is 33.2 Å². The number of sulfonamides is 1. The molecule has 2 heterocycles. The number of hydrogen-bond acceptors (Lipinski definition) is 5. The zero-order chi connectivity index (χ0) is 23.6. The summed E-state index contributed by atoms with van der Waals surface area (Å²) in [5.74, 6) is -0.0522. The van der Waals surface area contributed by atoms with E-state index in [1.165, 1.54) is 12.3 Å². The predicted molar refractivity (Wildman–Crippen MR) is 125 cm³/mol. The minimum absolute atomic E-state index is 0.129. The van der Waals surface area contributed by atoms with E-state index in [1.54, 1.807) is 55.1 Å². The Kier molecular flexibility index (Phi) is 6.24. The van der Waals surface area contributed by atoms with Crippen LogP contribution in [0.25, 0.3) is 0 Å². The molecule has 9 heteroatoms. The van der Waals surface area contributed by atoms with E-state index in [0.29, 0.717) is 42.9 Å². The van der Waals surface area contributed by atoms with Crippen LogP contribution in [0.3, 0.4) is 0 Å². The van der Waals surface area contributed by atoms with Crippen molar-refractivity contribution in [1.82, 2.24) is 4.90 Å². The van der Waals surface area contributed by atoms with Gasteiger partial charge in [0.05, 0.1) is 11.2 Å². The van der Waals surface area contributed by atoms with Gasteiger partial charge in [0, 0.05) is 30.9 Å². The Labute approximate surface area is 192 Å². The lowest BCUT2D eigenvalue weighted by Crippen LogP contribution is -2.35. The molecule has 2 N–H and O–H groups in total. The number of hydrogen-bond donors (Lipinski definition) is 2. The summed E-state index contributed by atoms with van der Waals surface area (Å²) in [7, 11) is -3.84. The summed E-state index contributed by atoms with van der Waals surface area (Å²) in [6.07, 6.45) is 2.48. The molecule has 0 saturated heterocycles. The van der Waals surface area contributed by atoms with Gasteiger partial charge < -0.3 is 14.6 Å². The number of fused-ring (bicyclic) bond motifs is 1. The molecular weight excluding hydrogens is 442 g/mol. The van der Waals surface area contributed by atoms with Crippen LogP contribution in [0.2, 0.25) is 0 Å². The van der Waals surface area contributed by atoms with Crippen LogP contribution in [0.5, 0.6) is 0 Å². The van der Waals surface area contributed by atoms with Gasteiger partial charge >= 0.3 is 0 Å². The Morgan fingerprint density at radius 3 is 2.55 bits per heavy atom. The molecule has 2 aromatic carbocycles. The van der Waals surface area contributed by atoms with Gasteiger partial charge in [0.25, 0.3) is 15.9 Å². The lowest BCUT2D eigenvalue weighted by atomic mass is 9.99. The van der Waals surface area contributed by atoms with Crippen molar-refractivity contribution < 1.29 is 22.4 Å². The van der Waals surface area contributed by atoms with E-state index in [0.717, 1.165) is 11.1 Å². The van der Waals surface area contributed by atoms with Gasteiger partial charge in [-0.2, -0.15) is 0 Å². The normalized spacial score (nSPS) is 13.3. The summed E-state index contributed by atoms with van der Waals surface area (Å²) in [6.45, 7) is 4.36. The Morgan fingerprint density at radius 2 is 1.85 bits per heavy atom. The predicted octanol–water partition coefficient (Wildman–Crippen LogP) is 3.94. The van der Waals surface area contributed by atoms with Crippen molar-refractivity contribution in [3.8, 4) is 0 Å². The van der Waals surface area contributed by atoms with Gasteiger partial charge in [0.1, 0.15) is 0 Å². The second-order valence-corrected chi connectivity index (χ2v) is 9.58. The summed E-state index contributed by atoms with van der Waals surface area (Å²) in [5, 5.41) is 2.73. The van der Waals surface area contributed by atoms with Gasteiger partial charge in [-0.3, -0.25) is 14.3 Å². The zero-order valence-corrected chi connectivity index (χ0v) is 19.2. The number of nitrogens with zero attached hydrogens (tertiary/aromatic N) is 1. The minimum atomic E-state index is -3.84. The lowest BCUT2D eigenvalue weighted by molar-refractivity contribution is -0.115. The maximum absolute atomic E-state index is 13.0. The Balaban J connectivity index is 1.52. The summed E-state index contributed by atoms with van der Waals surface area (Å²) in [5.41, 5.74) is 3.45. The third-order valence-electron chi connectivity index (χ3n) is 5.56. The van der Waals surface area contributed by atoms with Crippen molar-refractivity contribution in [2.75, 3.05) is 16.6 Å². The van der Waals surface area contributed by atoms with Gasteiger partial charge in [-0.1, -0.05) is 13.0 Å². The van der Waals surface area contributed by atoms with Gasteiger partial charge in [-0.25, -0.2) is 8.42 Å². The highest BCUT2D eigenvalue weighted by atomic mass is 32.2. The molecule has 0 fully saturated rings. The fourth-order valence-corrected chi connectivity index (χ4v) is 5.12. The number of furan rings is 1. The van der Waals surface area contributed by atoms with Crippen LogP contribution < -0.4 is 10.0 Å². The standard InChI is InChI=1S/C24H25N3O5S/c1-3-23(28)25-19-8-9-22(16(2)13-19)33(30,31)26-20-7-6-17-10-11-27(15-18(17)14-20)24(29)21-5-4-12-32-21/h4-9,12-14,26H,3,10-11,15H2,1-2H3,(H,25,28). The van der Waals surface area contributed by atoms with E-state index < -0.39 is 10.0 Å². The van der Waals surface area contributed by atoms with Crippen LogP contribution >= 0.6 is 0 Å². The van der Waals surface area contributed by atoms with Crippen LogP contribution in [0.1, 0.15) is 40.6 Å². The maximum atomic E-state index is 13.0. The molecule has 0 radical (unpaired) electrons. The molecule has 0 spiro atoms. The largest absolute Gasteiger partial charge is 0.459 e. The molecule has 8 nitrogen and oxygen atoms in total. The van der Waals surface area contributed by atoms with Crippen molar-refractivity contribution in [3.05, 3.63) is 77.2 Å². The molecular formula is C24H25N3O5S. The molecule has 2 amide bonds. The van der Waals surface area contributed by atoms with Crippen molar-refractivity contribution in [2.24, 2.45) is 0 Å². The van der Waals surface area contributed by atoms with Gasteiger partial charge in [-0.05, 0) is 72.5 Å². The topological polar surface area (TPSA) is 109 Å². The fourth-order valence-electron chi connectivity index (χ4n) is 3.84. The van der Waals surface area contributed by atoms with Crippen LogP contribution in [0, 0.1) is 6.92 Å². The first-order valence-electron chi connectivity index (χ1n) is 10.6. The van der Waals surface area contributed by atoms with E-state index in [1.807, 2.05) is 6.07 Å². The minimum Gasteiger partial charge on any atom is -0.459 e. The first kappa shape index (κ1) is 22.6. The highest BCUT2D eigenvalue weighted by molar-refractivity contribution is 7.92. The molecule has 0 aliphatic carbocycles. The van der Waals surface area contributed by atoms with Crippen LogP contribution in [-0.2, 0) is 27.8 Å². The first-order chi connectivity index (χ1) is 15.8. The zero-order valence-electron chi connectivity index (χ0n) is 18.4. The summed E-state index contributed by atoms with van der Waals surface area (Å²) >= 11 is 0. The molecule has 172 valence electrons. The number of aryl methyl sites for hydroxylation is 1. The van der Waals surface area contributed by atoms with Crippen molar-refractivity contribution in [3.63, 3.8) is 0 Å². The molecule has 1 aliphatic rings. The van der Waals surface area contributed by atoms with Gasteiger partial charge in [-0.15, -0.1) is 0 Å². The molecule has 0 unspecified atom stereocenters. The quantitative estimate of drug-likeness (QED) is 0.571. The molecule has 1 aromatic heterocycles. The number of anilines is 2. The molecule has 1 aliphatic heterocycles. The van der Waals surface area contributed by atoms with Crippen LogP contribution in [0.15, 0.2) is 64.1 Å². The SMILES string of the molecule is CCC(=O)Nc1ccc(S(=O)(=O)Nc2ccc3c(c2)CN(C(=O)c2ccco2)CC3)c(C)c1. The lowest BCUT2D eigenvalue weighted by Gasteiger charge is -2.28. The second kappa shape index (κ2) is 9.11. The van der Waals surface area contributed by atoms with Crippen LogP contribution in [-0.4, -0.2) is 31.7 Å². The van der Waals surface area contributed by atoms with E-state index in [4.69, 9.17) is 4.42 Å². The number of nitrogens with one attached hydrogen (secondary N) is 2. The number of benzene rings is 2. The van der Waals surface area contributed by atoms with Crippen molar-refractivity contribution in [2.45, 2.75) is 38.1 Å². The van der Waals surface area contributed by atoms with Gasteiger partial charge in [0.15, 0.2) is 5.76 Å². The second-order valence-electron chi connectivity index (χ2n) is 7.93. The Bertz CT molecular complexity index is 1300. The Morgan fingerprint density at radius 1 is 1.06 bits per heavy atom. The van der Waals surface area contributed by atoms with E-state index in [-0.39, 0.29) is 22.5 Å². The van der Waals surface area contributed by atoms with Gasteiger partial charge in [0.2, 0.25) is 5.91 Å². The molecule has 33 heavy (non-hydrogen) atoms. The number of carbonyl (C=O) groups excluding carboxylic acids is 2. The highest BCUT2D eigenvalue weighted by Crippen LogP contribution is 2.27. The molecule has 0 saturated carbocycles. The van der Waals surface area contributed by atoms with E-state index in [2.05, 4.69) is 10.0 Å². The fraction of sp³-hybridized carbons (Fsp3) is 0.250. The summed E-state index contributed by atoms with van der Waals surface area (Å²) in [4.78, 5) is 26.0. The average molecular weight is 468 g/mol. The molecule has 3 aromatic rings. The van der Waals surface area contributed by atoms with Crippen LogP contribution in [0.4, 0.5) is 11.4 Å². The number of amides is 2. The molecule has 4 rings (SSSR count). The third kappa shape index (κ3) is 4.93. The van der Waals surface area contributed by atoms with E-state index in [9.17, 15) is 18.0 Å². The highest BCUT2D eigenvalue weighted by Gasteiger charge is 2.24. The molecule has 0 atom stereocenters. The van der Waals surface area contributed by atoms with E-state index >= 15 is 0 Å². The monoisotopic (exact) mass is 467 g/mol.